The molecule has 142 valence electrons. The Bertz CT molecular complexity index is 257. The van der Waals surface area contributed by atoms with E-state index in [1.54, 1.807) is 6.08 Å². The normalized spacial score (nSPS) is 8.21. The highest BCUT2D eigenvalue weighted by Gasteiger charge is 1.91. The zero-order chi connectivity index (χ0) is 18.0. The van der Waals surface area contributed by atoms with E-state index in [4.69, 9.17) is 28.7 Å². The minimum atomic E-state index is 0. The minimum Gasteiger partial charge on any atom is -0.379 e. The van der Waals surface area contributed by atoms with Crippen molar-refractivity contribution in [1.29, 1.82) is 0 Å². The van der Waals surface area contributed by atoms with Crippen LogP contribution in [-0.4, -0.2) is 68.2 Å². The summed E-state index contributed by atoms with van der Waals surface area (Å²) in [5.74, 6) is 2.41. The summed E-state index contributed by atoms with van der Waals surface area (Å²) in [5, 5.41) is 1.21. The number of carbonyl (C=O) groups is 4. The maximum absolute atomic E-state index is 8.81. The molecule has 0 radical (unpaired) electrons. The molecule has 0 bridgehead atoms. The molecule has 0 aromatic carbocycles. The summed E-state index contributed by atoms with van der Waals surface area (Å²) in [6.07, 6.45) is 3.67. The second-order valence-electron chi connectivity index (χ2n) is 3.39. The molecule has 0 saturated heterocycles. The minimum absolute atomic E-state index is 0. The molecule has 0 N–H and O–H groups in total. The van der Waals surface area contributed by atoms with Gasteiger partial charge in [-0.15, -0.1) is 6.58 Å². The predicted molar refractivity (Wildman–Crippen MR) is 107 cm³/mol. The van der Waals surface area contributed by atoms with Crippen molar-refractivity contribution in [2.45, 2.75) is 13.3 Å². The molecule has 9 heteroatoms. The first-order valence-electron chi connectivity index (χ1n) is 6.94. The molecule has 0 aromatic heterocycles. The summed E-state index contributed by atoms with van der Waals surface area (Å²) in [6.45, 7) is 8.60. The fraction of sp³-hybridized carbons (Fsp3) is 0.600. The lowest BCUT2D eigenvalue weighted by molar-refractivity contribution is -0.122. The van der Waals surface area contributed by atoms with E-state index in [2.05, 4.69) is 13.5 Å². The first-order valence-corrected chi connectivity index (χ1v) is 9.25. The van der Waals surface area contributed by atoms with Crippen molar-refractivity contribution in [1.82, 2.24) is 0 Å². The maximum atomic E-state index is 8.81. The molecule has 0 aliphatic rings. The average Bonchev–Trinajstić information content (AvgIpc) is 2.60. The van der Waals surface area contributed by atoms with Gasteiger partial charge in [0.2, 0.25) is 0 Å². The smallest absolute Gasteiger partial charge is 0.182 e. The van der Waals surface area contributed by atoms with Gasteiger partial charge in [0.05, 0.1) is 19.8 Å². The number of rotatable bonds is 14. The highest BCUT2D eigenvalue weighted by atomic mass is 32.2. The molecule has 0 spiro atoms. The molecular weight excluding hydrogens is 371 g/mol. The van der Waals surface area contributed by atoms with Crippen LogP contribution in [0.5, 0.6) is 0 Å². The quantitative estimate of drug-likeness (QED) is 0.109. The number of hydrogen-bond donors (Lipinski definition) is 0. The van der Waals surface area contributed by atoms with Crippen molar-refractivity contribution < 1.29 is 28.7 Å². The summed E-state index contributed by atoms with van der Waals surface area (Å²) in [7, 11) is 0. The van der Waals surface area contributed by atoms with Crippen LogP contribution in [-0.2, 0) is 28.7 Å². The summed E-state index contributed by atoms with van der Waals surface area (Å²) in [6, 6.07) is 0. The lowest BCUT2D eigenvalue weighted by Crippen LogP contribution is -2.05. The lowest BCUT2D eigenvalue weighted by Gasteiger charge is -2.04. The van der Waals surface area contributed by atoms with Crippen LogP contribution >= 0.6 is 33.4 Å². The molecule has 0 amide bonds. The fourth-order valence-corrected chi connectivity index (χ4v) is 2.78. The molecule has 6 nitrogen and oxygen atoms in total. The Kier molecular flexibility index (Phi) is 49.7. The Labute approximate surface area is 156 Å². The Morgan fingerprint density at radius 3 is 1.88 bits per heavy atom. The molecule has 1 unspecified atom stereocenters. The van der Waals surface area contributed by atoms with Gasteiger partial charge in [-0.25, -0.2) is 0 Å². The largest absolute Gasteiger partial charge is 0.379 e. The summed E-state index contributed by atoms with van der Waals surface area (Å²) < 4.78 is 10.6. The molecule has 0 aromatic rings. The SMILES string of the molecule is C=CCOCCOCCCSCSCC.O=CC=O.O=CC=O.P. The van der Waals surface area contributed by atoms with Crippen LogP contribution in [0.3, 0.4) is 0 Å². The van der Waals surface area contributed by atoms with Gasteiger partial charge in [-0.05, 0) is 17.9 Å². The van der Waals surface area contributed by atoms with Crippen LogP contribution < -0.4 is 0 Å². The second-order valence-corrected chi connectivity index (χ2v) is 6.14. The number of aldehydes is 4. The molecular formula is C15H29O6PS2. The topological polar surface area (TPSA) is 86.7 Å². The molecule has 0 rings (SSSR count). The number of carbonyl (C=O) groups excluding carboxylic acids is 4. The van der Waals surface area contributed by atoms with Crippen LogP contribution in [0, 0.1) is 0 Å². The highest BCUT2D eigenvalue weighted by Crippen LogP contribution is 2.11. The van der Waals surface area contributed by atoms with Crippen LogP contribution in [0.4, 0.5) is 0 Å². The van der Waals surface area contributed by atoms with E-state index in [1.165, 1.54) is 16.6 Å². The number of ether oxygens (including phenoxy) is 2. The van der Waals surface area contributed by atoms with Crippen LogP contribution in [0.1, 0.15) is 13.3 Å². The first kappa shape index (κ1) is 31.3. The standard InChI is InChI=1S/C11H22O2S2.2C2H2O2.H3P/c1-3-6-12-8-9-13-7-5-10-15-11-14-4-2;2*3-1-2-4;/h3H,1,4-11H2,2H3;2*1-2H;1H3. The van der Waals surface area contributed by atoms with Crippen LogP contribution in [0.15, 0.2) is 12.7 Å². The lowest BCUT2D eigenvalue weighted by atomic mass is 10.5. The van der Waals surface area contributed by atoms with Gasteiger partial charge in [-0.2, -0.15) is 33.4 Å². The van der Waals surface area contributed by atoms with E-state index >= 15 is 0 Å². The summed E-state index contributed by atoms with van der Waals surface area (Å²) in [4.78, 5) is 35.2. The molecule has 0 aliphatic carbocycles. The van der Waals surface area contributed by atoms with Crippen molar-refractivity contribution >= 4 is 58.6 Å². The van der Waals surface area contributed by atoms with E-state index in [-0.39, 0.29) is 35.0 Å². The van der Waals surface area contributed by atoms with E-state index < -0.39 is 0 Å². The van der Waals surface area contributed by atoms with Gasteiger partial charge >= 0.3 is 0 Å². The van der Waals surface area contributed by atoms with Crippen molar-refractivity contribution in [3.8, 4) is 0 Å². The van der Waals surface area contributed by atoms with Crippen molar-refractivity contribution in [2.24, 2.45) is 0 Å². The van der Waals surface area contributed by atoms with Crippen molar-refractivity contribution in [3.63, 3.8) is 0 Å². The third kappa shape index (κ3) is 49.6. The average molecular weight is 400 g/mol. The molecule has 0 saturated carbocycles. The van der Waals surface area contributed by atoms with Crippen molar-refractivity contribution in [3.05, 3.63) is 12.7 Å². The number of hydrogen-bond acceptors (Lipinski definition) is 8. The Balaban J connectivity index is -0.000000186. The zero-order valence-corrected chi connectivity index (χ0v) is 17.3. The van der Waals surface area contributed by atoms with Gasteiger partial charge in [0.15, 0.2) is 25.1 Å². The molecule has 24 heavy (non-hydrogen) atoms. The molecule has 0 aliphatic heterocycles. The van der Waals surface area contributed by atoms with Gasteiger partial charge in [-0.1, -0.05) is 13.0 Å². The Hall–Kier alpha value is -0.530. The maximum Gasteiger partial charge on any atom is 0.182 e. The van der Waals surface area contributed by atoms with Gasteiger partial charge in [0.25, 0.3) is 0 Å². The van der Waals surface area contributed by atoms with Crippen molar-refractivity contribution in [2.75, 3.05) is 43.0 Å². The third-order valence-electron chi connectivity index (χ3n) is 1.67. The Morgan fingerprint density at radius 2 is 1.42 bits per heavy atom. The van der Waals surface area contributed by atoms with Gasteiger partial charge in [-0.3, -0.25) is 19.2 Å². The first-order chi connectivity index (χ1) is 11.2. The molecule has 0 fully saturated rings. The van der Waals surface area contributed by atoms with E-state index in [9.17, 15) is 0 Å². The monoisotopic (exact) mass is 400 g/mol. The van der Waals surface area contributed by atoms with E-state index in [0.29, 0.717) is 19.8 Å². The van der Waals surface area contributed by atoms with Gasteiger partial charge in [0.1, 0.15) is 0 Å². The molecule has 1 atom stereocenters. The zero-order valence-electron chi connectivity index (χ0n) is 14.2. The van der Waals surface area contributed by atoms with Gasteiger partial charge < -0.3 is 9.47 Å². The van der Waals surface area contributed by atoms with Crippen LogP contribution in [0.2, 0.25) is 0 Å². The van der Waals surface area contributed by atoms with E-state index in [1.807, 2.05) is 23.5 Å². The second kappa shape index (κ2) is 38.2. The van der Waals surface area contributed by atoms with Gasteiger partial charge in [0, 0.05) is 11.7 Å². The summed E-state index contributed by atoms with van der Waals surface area (Å²) in [5.41, 5.74) is 0. The fourth-order valence-electron chi connectivity index (χ4n) is 0.851. The van der Waals surface area contributed by atoms with Crippen LogP contribution in [0.25, 0.3) is 0 Å². The number of thioether (sulfide) groups is 2. The third-order valence-corrected chi connectivity index (χ3v) is 3.99. The summed E-state index contributed by atoms with van der Waals surface area (Å²) >= 11 is 3.97. The Morgan fingerprint density at radius 1 is 0.875 bits per heavy atom. The molecule has 0 heterocycles. The predicted octanol–water partition coefficient (Wildman–Crippen LogP) is 1.87. The van der Waals surface area contributed by atoms with E-state index in [0.717, 1.165) is 13.0 Å². The highest BCUT2D eigenvalue weighted by molar-refractivity contribution is 8.15.